The minimum Gasteiger partial charge on any atom is -0.383 e. The van der Waals surface area contributed by atoms with E-state index < -0.39 is 0 Å². The molecular formula is C10H6ClN3O2S. The highest BCUT2D eigenvalue weighted by Gasteiger charge is 2.12. The number of H-pyrrole nitrogens is 1. The molecule has 1 N–H and O–H groups in total. The highest BCUT2D eigenvalue weighted by Crippen LogP contribution is 2.28. The summed E-state index contributed by atoms with van der Waals surface area (Å²) in [4.78, 5) is 11.1. The van der Waals surface area contributed by atoms with E-state index in [9.17, 15) is 4.79 Å². The van der Waals surface area contributed by atoms with Crippen molar-refractivity contribution in [3.8, 4) is 10.8 Å². The zero-order chi connectivity index (χ0) is 11.8. The molecule has 2 heterocycles. The summed E-state index contributed by atoms with van der Waals surface area (Å²) in [5.41, 5.74) is 0.579. The molecule has 0 saturated carbocycles. The van der Waals surface area contributed by atoms with Gasteiger partial charge in [0.1, 0.15) is 22.4 Å². The first-order chi connectivity index (χ1) is 8.29. The maximum atomic E-state index is 11.1. The van der Waals surface area contributed by atoms with Crippen LogP contribution in [0.4, 0.5) is 0 Å². The Balaban J connectivity index is 2.33. The summed E-state index contributed by atoms with van der Waals surface area (Å²) in [5.74, 6) is 0.502. The Morgan fingerprint density at radius 2 is 2.35 bits per heavy atom. The first kappa shape index (κ1) is 10.4. The van der Waals surface area contributed by atoms with Crippen molar-refractivity contribution in [1.29, 1.82) is 0 Å². The molecular weight excluding hydrogens is 262 g/mol. The topological polar surface area (TPSA) is 59.9 Å². The maximum absolute atomic E-state index is 11.1. The smallest absolute Gasteiger partial charge is 0.260 e. The Hall–Kier alpha value is -1.79. The molecule has 0 bridgehead atoms. The second-order valence-electron chi connectivity index (χ2n) is 3.38. The molecule has 0 amide bonds. The molecule has 0 aliphatic carbocycles. The molecule has 0 spiro atoms. The molecule has 17 heavy (non-hydrogen) atoms. The number of benzene rings is 1. The number of halogens is 1. The van der Waals surface area contributed by atoms with Crippen LogP contribution in [0.3, 0.4) is 0 Å². The van der Waals surface area contributed by atoms with Gasteiger partial charge in [-0.25, -0.2) is 4.68 Å². The monoisotopic (exact) mass is 267 g/mol. The minimum absolute atomic E-state index is 0.155. The van der Waals surface area contributed by atoms with Crippen LogP contribution in [0.2, 0.25) is 0 Å². The average molecular weight is 268 g/mol. The zero-order valence-electron chi connectivity index (χ0n) is 8.38. The summed E-state index contributed by atoms with van der Waals surface area (Å²) in [6.45, 7) is 0. The summed E-state index contributed by atoms with van der Waals surface area (Å²) in [6, 6.07) is 6.93. The number of aromatic amines is 1. The van der Waals surface area contributed by atoms with E-state index in [4.69, 9.17) is 16.2 Å². The Kier molecular flexibility index (Phi) is 2.38. The van der Waals surface area contributed by atoms with Crippen LogP contribution in [0, 0.1) is 0 Å². The van der Waals surface area contributed by atoms with Crippen molar-refractivity contribution in [3.05, 3.63) is 40.8 Å². The normalized spacial score (nSPS) is 10.9. The van der Waals surface area contributed by atoms with Crippen molar-refractivity contribution in [2.45, 2.75) is 0 Å². The number of nitrogens with zero attached hydrogens (tertiary/aromatic N) is 2. The van der Waals surface area contributed by atoms with Crippen molar-refractivity contribution in [2.24, 2.45) is 0 Å². The molecule has 0 saturated heterocycles. The third-order valence-corrected chi connectivity index (χ3v) is 3.33. The van der Waals surface area contributed by atoms with Gasteiger partial charge in [-0.3, -0.25) is 9.17 Å². The average Bonchev–Trinajstić information content (AvgIpc) is 2.94. The molecule has 0 radical (unpaired) electrons. The quantitative estimate of drug-likeness (QED) is 0.775. The summed E-state index contributed by atoms with van der Waals surface area (Å²) >= 11 is 6.63. The van der Waals surface area contributed by atoms with Crippen LogP contribution < -0.4 is 9.85 Å². The molecule has 0 atom stereocenters. The van der Waals surface area contributed by atoms with Gasteiger partial charge in [0.2, 0.25) is 0 Å². The van der Waals surface area contributed by atoms with Crippen molar-refractivity contribution < 1.29 is 4.29 Å². The lowest BCUT2D eigenvalue weighted by molar-refractivity contribution is 0.622. The molecule has 0 aliphatic heterocycles. The summed E-state index contributed by atoms with van der Waals surface area (Å²) in [6.07, 6.45) is 1.69. The van der Waals surface area contributed by atoms with Gasteiger partial charge in [0.25, 0.3) is 5.56 Å². The zero-order valence-corrected chi connectivity index (χ0v) is 9.96. The Morgan fingerprint density at radius 1 is 1.47 bits per heavy atom. The van der Waals surface area contributed by atoms with E-state index in [2.05, 4.69) is 9.47 Å². The van der Waals surface area contributed by atoms with Gasteiger partial charge in [-0.15, -0.1) is 0 Å². The summed E-state index contributed by atoms with van der Waals surface area (Å²) < 4.78 is 9.01. The van der Waals surface area contributed by atoms with E-state index >= 15 is 0 Å². The van der Waals surface area contributed by atoms with E-state index in [0.717, 1.165) is 10.9 Å². The van der Waals surface area contributed by atoms with Gasteiger partial charge >= 0.3 is 0 Å². The van der Waals surface area contributed by atoms with Gasteiger partial charge in [-0.1, -0.05) is 12.1 Å². The molecule has 0 unspecified atom stereocenters. The number of hydrogen-bond acceptors (Lipinski definition) is 4. The van der Waals surface area contributed by atoms with Gasteiger partial charge in [0, 0.05) is 11.5 Å². The predicted molar refractivity (Wildman–Crippen MR) is 66.0 cm³/mol. The lowest BCUT2D eigenvalue weighted by atomic mass is 10.2. The first-order valence-corrected chi connectivity index (χ1v) is 5.86. The standard InChI is InChI=1S/C10H6ClN3O2S/c11-16-7-3-1-2-6-5-12-14(10(6)7)9-4-8(15)13-17-9/h1-5H,(H,13,15). The molecule has 2 aromatic heterocycles. The van der Waals surface area contributed by atoms with Crippen molar-refractivity contribution in [1.82, 2.24) is 14.2 Å². The predicted octanol–water partition coefficient (Wildman–Crippen LogP) is 2.31. The van der Waals surface area contributed by atoms with Gasteiger partial charge in [0.15, 0.2) is 5.75 Å². The van der Waals surface area contributed by atoms with Crippen molar-refractivity contribution >= 4 is 34.3 Å². The molecule has 5 nitrogen and oxygen atoms in total. The molecule has 3 aromatic rings. The largest absolute Gasteiger partial charge is 0.383 e. The molecule has 7 heteroatoms. The molecule has 1 aromatic carbocycles. The van der Waals surface area contributed by atoms with Crippen LogP contribution in [0.1, 0.15) is 0 Å². The maximum Gasteiger partial charge on any atom is 0.260 e. The molecule has 0 aliphatic rings. The summed E-state index contributed by atoms with van der Waals surface area (Å²) in [7, 11) is 0. The van der Waals surface area contributed by atoms with E-state index in [-0.39, 0.29) is 5.56 Å². The molecule has 86 valence electrons. The minimum atomic E-state index is -0.155. The molecule has 3 rings (SSSR count). The van der Waals surface area contributed by atoms with E-state index in [1.165, 1.54) is 17.6 Å². The van der Waals surface area contributed by atoms with Crippen LogP contribution in [-0.2, 0) is 0 Å². The van der Waals surface area contributed by atoms with Crippen molar-refractivity contribution in [3.63, 3.8) is 0 Å². The number of hydrogen-bond donors (Lipinski definition) is 1. The summed E-state index contributed by atoms with van der Waals surface area (Å²) in [5, 5.41) is 5.80. The van der Waals surface area contributed by atoms with Crippen LogP contribution in [0.25, 0.3) is 15.9 Å². The molecule has 0 fully saturated rings. The Bertz CT molecular complexity index is 730. The Labute approximate surface area is 105 Å². The first-order valence-electron chi connectivity index (χ1n) is 4.74. The number of para-hydroxylation sites is 1. The third-order valence-electron chi connectivity index (χ3n) is 2.36. The fraction of sp³-hybridized carbons (Fsp3) is 0. The van der Waals surface area contributed by atoms with Crippen LogP contribution in [-0.4, -0.2) is 14.2 Å². The second kappa shape index (κ2) is 3.90. The van der Waals surface area contributed by atoms with Gasteiger partial charge in [-0.2, -0.15) is 5.10 Å². The number of rotatable bonds is 2. The van der Waals surface area contributed by atoms with Crippen LogP contribution >= 0.6 is 23.4 Å². The fourth-order valence-electron chi connectivity index (χ4n) is 1.66. The highest BCUT2D eigenvalue weighted by molar-refractivity contribution is 7.08. The third kappa shape index (κ3) is 1.62. The van der Waals surface area contributed by atoms with E-state index in [0.29, 0.717) is 10.8 Å². The lowest BCUT2D eigenvalue weighted by Gasteiger charge is -2.02. The van der Waals surface area contributed by atoms with Gasteiger partial charge in [0.05, 0.1) is 6.20 Å². The SMILES string of the molecule is O=c1cc(-n2ncc3cccc(OCl)c32)s[nH]1. The van der Waals surface area contributed by atoms with Gasteiger partial charge < -0.3 is 4.29 Å². The Morgan fingerprint density at radius 3 is 3.06 bits per heavy atom. The van der Waals surface area contributed by atoms with E-state index in [1.807, 2.05) is 12.1 Å². The number of nitrogens with one attached hydrogen (secondary N) is 1. The number of aromatic nitrogens is 3. The highest BCUT2D eigenvalue weighted by atomic mass is 35.5. The van der Waals surface area contributed by atoms with E-state index in [1.54, 1.807) is 16.9 Å². The van der Waals surface area contributed by atoms with Crippen LogP contribution in [0.15, 0.2) is 35.3 Å². The van der Waals surface area contributed by atoms with Crippen LogP contribution in [0.5, 0.6) is 5.75 Å². The lowest BCUT2D eigenvalue weighted by Crippen LogP contribution is -1.96. The fourth-order valence-corrected chi connectivity index (χ4v) is 2.43. The number of fused-ring (bicyclic) bond motifs is 1. The second-order valence-corrected chi connectivity index (χ2v) is 4.36. The van der Waals surface area contributed by atoms with Crippen molar-refractivity contribution in [2.75, 3.05) is 0 Å². The van der Waals surface area contributed by atoms with Gasteiger partial charge in [-0.05, 0) is 17.6 Å².